The van der Waals surface area contributed by atoms with Gasteiger partial charge in [0.1, 0.15) is 0 Å². The highest BCUT2D eigenvalue weighted by atomic mass is 16.5. The number of likely N-dealkylation sites (N-methyl/N-ethyl adjacent to an activating group) is 1. The Morgan fingerprint density at radius 1 is 1.17 bits per heavy atom. The van der Waals surface area contributed by atoms with E-state index in [0.717, 1.165) is 6.54 Å². The maximum atomic E-state index is 9.60. The zero-order valence-electron chi connectivity index (χ0n) is 11.6. The normalized spacial score (nSPS) is 18.8. The molecule has 1 aliphatic rings. The van der Waals surface area contributed by atoms with Crippen LogP contribution < -0.4 is 5.32 Å². The van der Waals surface area contributed by atoms with Crippen LogP contribution in [0.5, 0.6) is 0 Å². The summed E-state index contributed by atoms with van der Waals surface area (Å²) >= 11 is 0. The fourth-order valence-electron chi connectivity index (χ4n) is 2.15. The molecule has 0 radical (unpaired) electrons. The van der Waals surface area contributed by atoms with Crippen LogP contribution in [0.15, 0.2) is 0 Å². The number of hydrogen-bond acceptors (Lipinski definition) is 5. The van der Waals surface area contributed by atoms with Crippen LogP contribution in [0.1, 0.15) is 19.8 Å². The molecule has 0 aromatic heterocycles. The highest BCUT2D eigenvalue weighted by Crippen LogP contribution is 2.39. The van der Waals surface area contributed by atoms with Gasteiger partial charge in [-0.1, -0.05) is 6.92 Å². The highest BCUT2D eigenvalue weighted by molar-refractivity contribution is 5.00. The summed E-state index contributed by atoms with van der Waals surface area (Å²) in [6.45, 7) is 5.93. The summed E-state index contributed by atoms with van der Waals surface area (Å²) in [4.78, 5) is 0. The van der Waals surface area contributed by atoms with Gasteiger partial charge in [0.15, 0.2) is 0 Å². The molecule has 1 atom stereocenters. The van der Waals surface area contributed by atoms with Crippen LogP contribution in [0.4, 0.5) is 0 Å². The summed E-state index contributed by atoms with van der Waals surface area (Å²) < 4.78 is 15.8. The number of aliphatic hydroxyl groups excluding tert-OH is 1. The lowest BCUT2D eigenvalue weighted by atomic mass is 9.95. The molecule has 1 unspecified atom stereocenters. The third-order valence-corrected chi connectivity index (χ3v) is 3.33. The maximum absolute atomic E-state index is 9.60. The van der Waals surface area contributed by atoms with Gasteiger partial charge in [-0.15, -0.1) is 0 Å². The average Bonchev–Trinajstić information content (AvgIpc) is 3.21. The van der Waals surface area contributed by atoms with Crippen LogP contribution in [0.3, 0.4) is 0 Å². The number of aliphatic hydroxyl groups is 1. The van der Waals surface area contributed by atoms with E-state index in [-0.39, 0.29) is 12.1 Å². The van der Waals surface area contributed by atoms with Gasteiger partial charge in [-0.3, -0.25) is 0 Å². The van der Waals surface area contributed by atoms with Crippen LogP contribution >= 0.6 is 0 Å². The second-order valence-corrected chi connectivity index (χ2v) is 4.78. The molecule has 5 nitrogen and oxygen atoms in total. The van der Waals surface area contributed by atoms with Crippen molar-refractivity contribution in [2.24, 2.45) is 5.92 Å². The van der Waals surface area contributed by atoms with Gasteiger partial charge >= 0.3 is 0 Å². The fourth-order valence-corrected chi connectivity index (χ4v) is 2.15. The average molecular weight is 261 g/mol. The van der Waals surface area contributed by atoms with Crippen LogP contribution in [-0.2, 0) is 14.2 Å². The molecule has 0 bridgehead atoms. The SMILES string of the molecule is CCNC(CO)(COCCOCCOC)C1CC1. The Labute approximate surface area is 110 Å². The molecule has 1 saturated carbocycles. The molecule has 1 fully saturated rings. The molecule has 0 aromatic carbocycles. The molecule has 5 heteroatoms. The summed E-state index contributed by atoms with van der Waals surface area (Å²) in [6, 6.07) is 0. The lowest BCUT2D eigenvalue weighted by molar-refractivity contribution is -0.0114. The van der Waals surface area contributed by atoms with E-state index in [4.69, 9.17) is 14.2 Å². The first-order valence-corrected chi connectivity index (χ1v) is 6.79. The Morgan fingerprint density at radius 2 is 1.83 bits per heavy atom. The first-order valence-electron chi connectivity index (χ1n) is 6.79. The van der Waals surface area contributed by atoms with Gasteiger partial charge in [0.25, 0.3) is 0 Å². The molecule has 18 heavy (non-hydrogen) atoms. The van der Waals surface area contributed by atoms with Crippen LogP contribution in [0.25, 0.3) is 0 Å². The molecule has 108 valence electrons. The number of methoxy groups -OCH3 is 1. The molecule has 0 amide bonds. The van der Waals surface area contributed by atoms with Crippen molar-refractivity contribution in [2.75, 3.05) is 53.3 Å². The molecular weight excluding hydrogens is 234 g/mol. The van der Waals surface area contributed by atoms with Gasteiger partial charge in [-0.2, -0.15) is 0 Å². The predicted octanol–water partition coefficient (Wildman–Crippen LogP) is 0.417. The summed E-state index contributed by atoms with van der Waals surface area (Å²) in [5, 5.41) is 13.0. The standard InChI is InChI=1S/C13H27NO4/c1-3-14-13(10-15,12-4-5-12)11-18-9-8-17-7-6-16-2/h12,14-15H,3-11H2,1-2H3. The van der Waals surface area contributed by atoms with E-state index >= 15 is 0 Å². The van der Waals surface area contributed by atoms with E-state index in [1.54, 1.807) is 7.11 Å². The van der Waals surface area contributed by atoms with Gasteiger partial charge in [-0.05, 0) is 25.3 Å². The molecule has 0 saturated heterocycles. The van der Waals surface area contributed by atoms with E-state index in [0.29, 0.717) is 39.0 Å². The van der Waals surface area contributed by atoms with Gasteiger partial charge < -0.3 is 24.6 Å². The van der Waals surface area contributed by atoms with E-state index in [2.05, 4.69) is 12.2 Å². The molecule has 0 spiro atoms. The number of rotatable bonds is 12. The van der Waals surface area contributed by atoms with Gasteiger partial charge in [0.2, 0.25) is 0 Å². The summed E-state index contributed by atoms with van der Waals surface area (Å²) in [7, 11) is 1.65. The second kappa shape index (κ2) is 8.82. The second-order valence-electron chi connectivity index (χ2n) is 4.78. The highest BCUT2D eigenvalue weighted by Gasteiger charge is 2.44. The first-order chi connectivity index (χ1) is 8.79. The van der Waals surface area contributed by atoms with Crippen LogP contribution in [0.2, 0.25) is 0 Å². The molecule has 1 rings (SSSR count). The Hall–Kier alpha value is -0.200. The quantitative estimate of drug-likeness (QED) is 0.499. The summed E-state index contributed by atoms with van der Waals surface area (Å²) in [6.07, 6.45) is 2.36. The first kappa shape index (κ1) is 15.9. The van der Waals surface area contributed by atoms with Crippen molar-refractivity contribution in [1.29, 1.82) is 0 Å². The van der Waals surface area contributed by atoms with Crippen molar-refractivity contribution >= 4 is 0 Å². The van der Waals surface area contributed by atoms with E-state index < -0.39 is 0 Å². The minimum absolute atomic E-state index is 0.135. The molecular formula is C13H27NO4. The molecule has 1 aliphatic carbocycles. The zero-order chi connectivity index (χ0) is 13.3. The van der Waals surface area contributed by atoms with Gasteiger partial charge in [0.05, 0.1) is 45.2 Å². The number of nitrogens with one attached hydrogen (secondary N) is 1. The van der Waals surface area contributed by atoms with Gasteiger partial charge in [0, 0.05) is 7.11 Å². The van der Waals surface area contributed by atoms with Crippen LogP contribution in [-0.4, -0.2) is 63.9 Å². The minimum atomic E-state index is -0.249. The van der Waals surface area contributed by atoms with Gasteiger partial charge in [-0.25, -0.2) is 0 Å². The summed E-state index contributed by atoms with van der Waals surface area (Å²) in [5.74, 6) is 0.553. The number of ether oxygens (including phenoxy) is 3. The molecule has 0 aliphatic heterocycles. The van der Waals surface area contributed by atoms with Crippen molar-refractivity contribution in [3.63, 3.8) is 0 Å². The Morgan fingerprint density at radius 3 is 2.39 bits per heavy atom. The van der Waals surface area contributed by atoms with Crippen molar-refractivity contribution in [1.82, 2.24) is 5.32 Å². The fraction of sp³-hybridized carbons (Fsp3) is 1.00. The topological polar surface area (TPSA) is 60.0 Å². The van der Waals surface area contributed by atoms with Crippen LogP contribution in [0, 0.1) is 5.92 Å². The summed E-state index contributed by atoms with van der Waals surface area (Å²) in [5.41, 5.74) is -0.249. The zero-order valence-corrected chi connectivity index (χ0v) is 11.6. The smallest absolute Gasteiger partial charge is 0.0701 e. The van der Waals surface area contributed by atoms with Crippen molar-refractivity contribution in [2.45, 2.75) is 25.3 Å². The monoisotopic (exact) mass is 261 g/mol. The largest absolute Gasteiger partial charge is 0.394 e. The predicted molar refractivity (Wildman–Crippen MR) is 69.7 cm³/mol. The molecule has 0 heterocycles. The Balaban J connectivity index is 2.13. The Bertz CT molecular complexity index is 211. The third kappa shape index (κ3) is 5.20. The van der Waals surface area contributed by atoms with E-state index in [9.17, 15) is 5.11 Å². The van der Waals surface area contributed by atoms with Crippen molar-refractivity contribution in [3.05, 3.63) is 0 Å². The number of hydrogen-bond donors (Lipinski definition) is 2. The van der Waals surface area contributed by atoms with Crippen molar-refractivity contribution in [3.8, 4) is 0 Å². The van der Waals surface area contributed by atoms with E-state index in [1.807, 2.05) is 0 Å². The molecule has 2 N–H and O–H groups in total. The lowest BCUT2D eigenvalue weighted by Crippen LogP contribution is -2.54. The maximum Gasteiger partial charge on any atom is 0.0701 e. The Kier molecular flexibility index (Phi) is 7.77. The molecule has 0 aromatic rings. The minimum Gasteiger partial charge on any atom is -0.394 e. The lowest BCUT2D eigenvalue weighted by Gasteiger charge is -2.32. The van der Waals surface area contributed by atoms with E-state index in [1.165, 1.54) is 12.8 Å². The van der Waals surface area contributed by atoms with Crippen molar-refractivity contribution < 1.29 is 19.3 Å². The third-order valence-electron chi connectivity index (χ3n) is 3.33.